The number of hydrogen-bond acceptors (Lipinski definition) is 7. The Kier molecular flexibility index (Phi) is 4.02. The third-order valence-electron chi connectivity index (χ3n) is 5.52. The lowest BCUT2D eigenvalue weighted by atomic mass is 9.94. The van der Waals surface area contributed by atoms with Crippen LogP contribution in [0.4, 0.5) is 11.6 Å². The number of pyridine rings is 1. The lowest BCUT2D eigenvalue weighted by Gasteiger charge is -2.35. The fourth-order valence-corrected chi connectivity index (χ4v) is 4.00. The fourth-order valence-electron chi connectivity index (χ4n) is 4.00. The third-order valence-corrected chi connectivity index (χ3v) is 5.52. The van der Waals surface area contributed by atoms with Crippen molar-refractivity contribution in [3.05, 3.63) is 36.0 Å². The summed E-state index contributed by atoms with van der Waals surface area (Å²) in [5, 5.41) is 13.3. The van der Waals surface area contributed by atoms with Crippen molar-refractivity contribution in [3.8, 4) is 0 Å². The van der Waals surface area contributed by atoms with Gasteiger partial charge in [-0.2, -0.15) is 15.2 Å². The molecule has 1 unspecified atom stereocenters. The van der Waals surface area contributed by atoms with Crippen LogP contribution in [0.1, 0.15) is 44.0 Å². The van der Waals surface area contributed by atoms with Crippen LogP contribution in [-0.2, 0) is 4.74 Å². The molecule has 1 fully saturated rings. The maximum atomic E-state index is 5.88. The van der Waals surface area contributed by atoms with Crippen molar-refractivity contribution < 1.29 is 4.74 Å². The molecule has 1 N–H and O–H groups in total. The third kappa shape index (κ3) is 3.21. The monoisotopic (exact) mass is 392 g/mol. The van der Waals surface area contributed by atoms with Gasteiger partial charge in [0.05, 0.1) is 34.6 Å². The zero-order chi connectivity index (χ0) is 20.2. The number of aryl methyl sites for hydroxylation is 2. The van der Waals surface area contributed by atoms with Gasteiger partial charge in [0.25, 0.3) is 0 Å². The van der Waals surface area contributed by atoms with E-state index < -0.39 is 0 Å². The molecule has 1 aliphatic heterocycles. The molecule has 4 aromatic rings. The summed E-state index contributed by atoms with van der Waals surface area (Å²) in [5.41, 5.74) is 4.37. The Hall–Kier alpha value is -3.07. The largest absolute Gasteiger partial charge is 0.375 e. The predicted octanol–water partition coefficient (Wildman–Crippen LogP) is 3.36. The van der Waals surface area contributed by atoms with Crippen molar-refractivity contribution in [2.24, 2.45) is 0 Å². The highest BCUT2D eigenvalue weighted by atomic mass is 16.5. The van der Waals surface area contributed by atoms with E-state index in [0.29, 0.717) is 5.95 Å². The Labute approximate surface area is 168 Å². The molecule has 0 amide bonds. The Morgan fingerprint density at radius 3 is 2.93 bits per heavy atom. The number of nitrogens with one attached hydrogen (secondary N) is 1. The molecule has 0 aliphatic carbocycles. The first kappa shape index (κ1) is 18.0. The van der Waals surface area contributed by atoms with E-state index in [-0.39, 0.29) is 11.6 Å². The van der Waals surface area contributed by atoms with Gasteiger partial charge < -0.3 is 10.1 Å². The Balaban J connectivity index is 1.53. The molecule has 1 atom stereocenters. The highest BCUT2D eigenvalue weighted by Gasteiger charge is 2.31. The lowest BCUT2D eigenvalue weighted by molar-refractivity contribution is -0.0702. The van der Waals surface area contributed by atoms with Crippen LogP contribution in [0.25, 0.3) is 16.7 Å². The second kappa shape index (κ2) is 6.48. The SMILES string of the molecule is Cc1cc2ncnn2cc1Nc1ncc2c(C)nn(C3CCOC(C)(C)C3)c2n1. The molecule has 0 aromatic carbocycles. The van der Waals surface area contributed by atoms with Gasteiger partial charge >= 0.3 is 0 Å². The van der Waals surface area contributed by atoms with Gasteiger partial charge in [-0.25, -0.2) is 19.2 Å². The quantitative estimate of drug-likeness (QED) is 0.571. The molecule has 0 spiro atoms. The first-order chi connectivity index (χ1) is 13.9. The maximum absolute atomic E-state index is 5.88. The van der Waals surface area contributed by atoms with Gasteiger partial charge in [-0.3, -0.25) is 0 Å². The predicted molar refractivity (Wildman–Crippen MR) is 109 cm³/mol. The number of ether oxygens (including phenoxy) is 1. The first-order valence-electron chi connectivity index (χ1n) is 9.82. The Morgan fingerprint density at radius 2 is 2.10 bits per heavy atom. The number of fused-ring (bicyclic) bond motifs is 2. The minimum atomic E-state index is -0.159. The summed E-state index contributed by atoms with van der Waals surface area (Å²) in [7, 11) is 0. The molecule has 9 heteroatoms. The molecule has 29 heavy (non-hydrogen) atoms. The molecule has 0 radical (unpaired) electrons. The molecule has 9 nitrogen and oxygen atoms in total. The van der Waals surface area contributed by atoms with Gasteiger partial charge in [0, 0.05) is 12.8 Å². The van der Waals surface area contributed by atoms with E-state index in [2.05, 4.69) is 38.9 Å². The number of anilines is 2. The van der Waals surface area contributed by atoms with Crippen LogP contribution < -0.4 is 5.32 Å². The molecule has 5 rings (SSSR count). The highest BCUT2D eigenvalue weighted by molar-refractivity contribution is 5.79. The van der Waals surface area contributed by atoms with E-state index in [1.807, 2.05) is 32.3 Å². The Bertz CT molecular complexity index is 1210. The summed E-state index contributed by atoms with van der Waals surface area (Å²) in [4.78, 5) is 13.5. The second-order valence-electron chi connectivity index (χ2n) is 8.27. The second-order valence-corrected chi connectivity index (χ2v) is 8.27. The van der Waals surface area contributed by atoms with Gasteiger partial charge in [-0.05, 0) is 52.2 Å². The zero-order valence-corrected chi connectivity index (χ0v) is 17.0. The minimum Gasteiger partial charge on any atom is -0.375 e. The average Bonchev–Trinajstić information content (AvgIpc) is 3.25. The summed E-state index contributed by atoms with van der Waals surface area (Å²) >= 11 is 0. The summed E-state index contributed by atoms with van der Waals surface area (Å²) in [6.07, 6.45) is 7.11. The smallest absolute Gasteiger partial charge is 0.229 e. The van der Waals surface area contributed by atoms with E-state index in [4.69, 9.17) is 14.8 Å². The van der Waals surface area contributed by atoms with Crippen molar-refractivity contribution in [1.29, 1.82) is 0 Å². The topological polar surface area (TPSA) is 95.1 Å². The molecule has 4 aromatic heterocycles. The Morgan fingerprint density at radius 1 is 1.24 bits per heavy atom. The summed E-state index contributed by atoms with van der Waals surface area (Å²) in [5.74, 6) is 0.535. The number of aromatic nitrogens is 7. The summed E-state index contributed by atoms with van der Waals surface area (Å²) in [6.45, 7) is 9.01. The van der Waals surface area contributed by atoms with Gasteiger partial charge in [0.1, 0.15) is 6.33 Å². The van der Waals surface area contributed by atoms with Crippen molar-refractivity contribution in [2.45, 2.75) is 52.2 Å². The molecular formula is C20H24N8O. The van der Waals surface area contributed by atoms with Crippen LogP contribution in [0, 0.1) is 13.8 Å². The van der Waals surface area contributed by atoms with Crippen molar-refractivity contribution >= 4 is 28.3 Å². The number of rotatable bonds is 3. The molecule has 0 bridgehead atoms. The van der Waals surface area contributed by atoms with E-state index in [0.717, 1.165) is 53.1 Å². The standard InChI is InChI=1S/C20H24N8O/c1-12-7-17-22-11-23-27(17)10-16(12)24-19-21-9-15-13(2)26-28(18(15)25-19)14-5-6-29-20(3,4)8-14/h7,9-11,14H,5-6,8H2,1-4H3,(H,21,24,25). The first-order valence-corrected chi connectivity index (χ1v) is 9.82. The normalized spacial score (nSPS) is 19.1. The number of hydrogen-bond donors (Lipinski definition) is 1. The van der Waals surface area contributed by atoms with Gasteiger partial charge in [0.15, 0.2) is 11.3 Å². The van der Waals surface area contributed by atoms with Crippen molar-refractivity contribution in [1.82, 2.24) is 34.3 Å². The maximum Gasteiger partial charge on any atom is 0.229 e. The summed E-state index contributed by atoms with van der Waals surface area (Å²) in [6, 6.07) is 2.23. The average molecular weight is 392 g/mol. The van der Waals surface area contributed by atoms with E-state index in [1.54, 1.807) is 4.52 Å². The molecule has 1 aliphatic rings. The minimum absolute atomic E-state index is 0.159. The molecule has 0 saturated carbocycles. The zero-order valence-electron chi connectivity index (χ0n) is 17.0. The van der Waals surface area contributed by atoms with Crippen LogP contribution in [0.15, 0.2) is 24.8 Å². The van der Waals surface area contributed by atoms with Crippen LogP contribution in [-0.4, -0.2) is 46.6 Å². The number of nitrogens with zero attached hydrogens (tertiary/aromatic N) is 7. The van der Waals surface area contributed by atoms with E-state index >= 15 is 0 Å². The molecule has 5 heterocycles. The molecule has 150 valence electrons. The van der Waals surface area contributed by atoms with Gasteiger partial charge in [0.2, 0.25) is 5.95 Å². The fraction of sp³-hybridized carbons (Fsp3) is 0.450. The van der Waals surface area contributed by atoms with Crippen LogP contribution >= 0.6 is 0 Å². The lowest BCUT2D eigenvalue weighted by Crippen LogP contribution is -2.35. The molecule has 1 saturated heterocycles. The van der Waals surface area contributed by atoms with Gasteiger partial charge in [-0.1, -0.05) is 0 Å². The van der Waals surface area contributed by atoms with E-state index in [9.17, 15) is 0 Å². The van der Waals surface area contributed by atoms with E-state index in [1.165, 1.54) is 6.33 Å². The highest BCUT2D eigenvalue weighted by Crippen LogP contribution is 2.34. The van der Waals surface area contributed by atoms with Crippen LogP contribution in [0.5, 0.6) is 0 Å². The van der Waals surface area contributed by atoms with Crippen LogP contribution in [0.2, 0.25) is 0 Å². The van der Waals surface area contributed by atoms with Gasteiger partial charge in [-0.15, -0.1) is 0 Å². The molecular weight excluding hydrogens is 368 g/mol. The van der Waals surface area contributed by atoms with Crippen LogP contribution in [0.3, 0.4) is 0 Å². The summed E-state index contributed by atoms with van der Waals surface area (Å²) < 4.78 is 9.66. The van der Waals surface area contributed by atoms with Crippen molar-refractivity contribution in [2.75, 3.05) is 11.9 Å². The van der Waals surface area contributed by atoms with Crippen molar-refractivity contribution in [3.63, 3.8) is 0 Å².